The van der Waals surface area contributed by atoms with Crippen LogP contribution in [0, 0.1) is 13.8 Å². The molecule has 0 amide bonds. The lowest BCUT2D eigenvalue weighted by atomic mass is 10.0. The Kier molecular flexibility index (Phi) is 2.33. The maximum absolute atomic E-state index is 5.82. The molecule has 64 valence electrons. The van der Waals surface area contributed by atoms with Gasteiger partial charge in [-0.2, -0.15) is 0 Å². The Hall–Kier alpha value is -1.09. The van der Waals surface area contributed by atoms with Crippen LogP contribution in [0.1, 0.15) is 16.7 Å². The van der Waals surface area contributed by atoms with E-state index in [1.165, 1.54) is 5.37 Å². The van der Waals surface area contributed by atoms with Crippen molar-refractivity contribution in [3.05, 3.63) is 22.8 Å². The molecule has 4 N–H and O–H groups in total. The van der Waals surface area contributed by atoms with Gasteiger partial charge in [0.25, 0.3) is 0 Å². The summed E-state index contributed by atoms with van der Waals surface area (Å²) in [5, 5.41) is 1.52. The van der Waals surface area contributed by atoms with Gasteiger partial charge in [0.05, 0.1) is 0 Å². The molecule has 0 unspecified atom stereocenters. The average molecular weight is 180 g/mol. The standard InChI is InChI=1S/C9H12N2S/c1-5-3-8(10)7(4-12)9(11)6(5)2/h3-4H,10-11H2,1-2H3. The Morgan fingerprint density at radius 1 is 1.33 bits per heavy atom. The number of hydrogen-bond acceptors (Lipinski definition) is 3. The van der Waals surface area contributed by atoms with Crippen LogP contribution in [0.2, 0.25) is 0 Å². The minimum atomic E-state index is 0.658. The Bertz CT molecular complexity index is 332. The third kappa shape index (κ3) is 1.28. The molecule has 0 bridgehead atoms. The fourth-order valence-electron chi connectivity index (χ4n) is 1.12. The Morgan fingerprint density at radius 2 is 1.92 bits per heavy atom. The lowest BCUT2D eigenvalue weighted by Crippen LogP contribution is -2.02. The predicted octanol–water partition coefficient (Wildman–Crippen LogP) is 1.82. The van der Waals surface area contributed by atoms with Crippen LogP contribution in [0.4, 0.5) is 11.4 Å². The lowest BCUT2D eigenvalue weighted by Gasteiger charge is -2.10. The summed E-state index contributed by atoms with van der Waals surface area (Å²) in [4.78, 5) is 0. The molecule has 0 heterocycles. The summed E-state index contributed by atoms with van der Waals surface area (Å²) >= 11 is 4.81. The molecule has 0 aliphatic carbocycles. The molecule has 0 aliphatic heterocycles. The maximum Gasteiger partial charge on any atom is 0.0449 e. The Balaban J connectivity index is 3.51. The number of benzene rings is 1. The van der Waals surface area contributed by atoms with Crippen LogP contribution in [-0.2, 0) is 0 Å². The number of thiocarbonyl (C=S) groups is 1. The minimum Gasteiger partial charge on any atom is -0.398 e. The highest BCUT2D eigenvalue weighted by Crippen LogP contribution is 2.24. The molecule has 0 saturated carbocycles. The molecule has 3 heteroatoms. The predicted molar refractivity (Wildman–Crippen MR) is 57.5 cm³/mol. The fraction of sp³-hybridized carbons (Fsp3) is 0.222. The van der Waals surface area contributed by atoms with E-state index in [-0.39, 0.29) is 0 Å². The van der Waals surface area contributed by atoms with Gasteiger partial charge in [-0.25, -0.2) is 0 Å². The first-order valence-electron chi connectivity index (χ1n) is 3.68. The van der Waals surface area contributed by atoms with Crippen molar-refractivity contribution < 1.29 is 0 Å². The highest BCUT2D eigenvalue weighted by atomic mass is 32.1. The molecule has 0 saturated heterocycles. The number of aryl methyl sites for hydroxylation is 1. The Labute approximate surface area is 77.6 Å². The quantitative estimate of drug-likeness (QED) is 0.512. The van der Waals surface area contributed by atoms with Gasteiger partial charge < -0.3 is 11.5 Å². The third-order valence-electron chi connectivity index (χ3n) is 2.09. The fourth-order valence-corrected chi connectivity index (χ4v) is 1.38. The molecule has 2 nitrogen and oxygen atoms in total. The second-order valence-corrected chi connectivity index (χ2v) is 3.09. The lowest BCUT2D eigenvalue weighted by molar-refractivity contribution is 1.34. The second kappa shape index (κ2) is 3.11. The number of nitrogens with two attached hydrogens (primary N) is 2. The smallest absolute Gasteiger partial charge is 0.0449 e. The van der Waals surface area contributed by atoms with Crippen molar-refractivity contribution in [3.63, 3.8) is 0 Å². The van der Waals surface area contributed by atoms with E-state index in [4.69, 9.17) is 23.7 Å². The van der Waals surface area contributed by atoms with Crippen molar-refractivity contribution in [1.82, 2.24) is 0 Å². The van der Waals surface area contributed by atoms with E-state index in [1.54, 1.807) is 0 Å². The first-order chi connectivity index (χ1) is 5.57. The van der Waals surface area contributed by atoms with E-state index < -0.39 is 0 Å². The molecular weight excluding hydrogens is 168 g/mol. The van der Waals surface area contributed by atoms with Crippen molar-refractivity contribution in [1.29, 1.82) is 0 Å². The molecular formula is C9H12N2S. The average Bonchev–Trinajstić information content (AvgIpc) is 2.01. The van der Waals surface area contributed by atoms with Gasteiger partial charge in [-0.15, -0.1) is 0 Å². The van der Waals surface area contributed by atoms with Crippen LogP contribution in [0.25, 0.3) is 0 Å². The first kappa shape index (κ1) is 9.00. The molecule has 0 aliphatic rings. The van der Waals surface area contributed by atoms with E-state index in [9.17, 15) is 0 Å². The molecule has 0 fully saturated rings. The largest absolute Gasteiger partial charge is 0.398 e. The van der Waals surface area contributed by atoms with Gasteiger partial charge in [0.15, 0.2) is 0 Å². The molecule has 1 aromatic carbocycles. The van der Waals surface area contributed by atoms with E-state index in [0.717, 1.165) is 16.7 Å². The van der Waals surface area contributed by atoms with Crippen LogP contribution < -0.4 is 11.5 Å². The third-order valence-corrected chi connectivity index (χ3v) is 2.32. The van der Waals surface area contributed by atoms with Gasteiger partial charge in [0.1, 0.15) is 0 Å². The highest BCUT2D eigenvalue weighted by molar-refractivity contribution is 7.79. The van der Waals surface area contributed by atoms with Gasteiger partial charge in [-0.3, -0.25) is 0 Å². The van der Waals surface area contributed by atoms with Crippen molar-refractivity contribution in [2.45, 2.75) is 13.8 Å². The molecule has 1 rings (SSSR count). The van der Waals surface area contributed by atoms with Crippen LogP contribution in [-0.4, -0.2) is 5.37 Å². The number of hydrogen-bond donors (Lipinski definition) is 2. The number of nitrogen functional groups attached to an aromatic ring is 2. The van der Waals surface area contributed by atoms with E-state index >= 15 is 0 Å². The zero-order chi connectivity index (χ0) is 9.30. The van der Waals surface area contributed by atoms with Crippen molar-refractivity contribution in [2.75, 3.05) is 11.5 Å². The Morgan fingerprint density at radius 3 is 2.42 bits per heavy atom. The number of rotatable bonds is 1. The zero-order valence-electron chi connectivity index (χ0n) is 7.22. The van der Waals surface area contributed by atoms with Gasteiger partial charge in [-0.05, 0) is 31.0 Å². The van der Waals surface area contributed by atoms with Gasteiger partial charge in [0.2, 0.25) is 0 Å². The van der Waals surface area contributed by atoms with Crippen LogP contribution in [0.3, 0.4) is 0 Å². The highest BCUT2D eigenvalue weighted by Gasteiger charge is 2.06. The zero-order valence-corrected chi connectivity index (χ0v) is 8.03. The second-order valence-electron chi connectivity index (χ2n) is 2.85. The van der Waals surface area contributed by atoms with Crippen LogP contribution in [0.5, 0.6) is 0 Å². The molecule has 0 aromatic heterocycles. The van der Waals surface area contributed by atoms with Crippen LogP contribution in [0.15, 0.2) is 6.07 Å². The first-order valence-corrected chi connectivity index (χ1v) is 4.15. The van der Waals surface area contributed by atoms with Gasteiger partial charge >= 0.3 is 0 Å². The van der Waals surface area contributed by atoms with Crippen molar-refractivity contribution in [3.8, 4) is 0 Å². The maximum atomic E-state index is 5.82. The normalized spacial score (nSPS) is 9.83. The summed E-state index contributed by atoms with van der Waals surface area (Å²) in [5.74, 6) is 0. The molecule has 0 radical (unpaired) electrons. The number of anilines is 2. The van der Waals surface area contributed by atoms with E-state index in [2.05, 4.69) is 0 Å². The van der Waals surface area contributed by atoms with E-state index in [0.29, 0.717) is 11.4 Å². The van der Waals surface area contributed by atoms with E-state index in [1.807, 2.05) is 19.9 Å². The minimum absolute atomic E-state index is 0.658. The molecule has 1 aromatic rings. The molecule has 0 spiro atoms. The van der Waals surface area contributed by atoms with Crippen LogP contribution >= 0.6 is 12.2 Å². The van der Waals surface area contributed by atoms with Crippen molar-refractivity contribution >= 4 is 29.0 Å². The van der Waals surface area contributed by atoms with Crippen molar-refractivity contribution in [2.24, 2.45) is 0 Å². The molecule has 12 heavy (non-hydrogen) atoms. The topological polar surface area (TPSA) is 52.0 Å². The van der Waals surface area contributed by atoms with Gasteiger partial charge in [0, 0.05) is 22.3 Å². The monoisotopic (exact) mass is 180 g/mol. The summed E-state index contributed by atoms with van der Waals surface area (Å²) in [6, 6.07) is 1.89. The SMILES string of the molecule is Cc1cc(N)c(C=S)c(N)c1C. The summed E-state index contributed by atoms with van der Waals surface area (Å²) in [7, 11) is 0. The molecule has 0 atom stereocenters. The summed E-state index contributed by atoms with van der Waals surface area (Å²) in [6.07, 6.45) is 0. The van der Waals surface area contributed by atoms with Gasteiger partial charge in [-0.1, -0.05) is 12.2 Å². The summed E-state index contributed by atoms with van der Waals surface area (Å²) in [6.45, 7) is 3.95. The summed E-state index contributed by atoms with van der Waals surface area (Å²) < 4.78 is 0. The summed E-state index contributed by atoms with van der Waals surface area (Å²) in [5.41, 5.74) is 15.8.